The van der Waals surface area contributed by atoms with Gasteiger partial charge in [-0.2, -0.15) is 4.31 Å². The molecule has 4 nitrogen and oxygen atoms in total. The molecule has 0 saturated carbocycles. The molecule has 0 fully saturated rings. The molecule has 1 aromatic rings. The monoisotopic (exact) mass is 294 g/mol. The maximum atomic E-state index is 12.4. The Morgan fingerprint density at radius 3 is 2.40 bits per heavy atom. The smallest absolute Gasteiger partial charge is 0.218 e. The van der Waals surface area contributed by atoms with E-state index in [1.807, 2.05) is 44.3 Å². The summed E-state index contributed by atoms with van der Waals surface area (Å²) < 4.78 is 26.3. The van der Waals surface area contributed by atoms with E-state index in [9.17, 15) is 8.42 Å². The third-order valence-corrected chi connectivity index (χ3v) is 5.36. The second kappa shape index (κ2) is 6.52. The summed E-state index contributed by atoms with van der Waals surface area (Å²) in [6.07, 6.45) is 2.83. The Balaban J connectivity index is 2.04. The van der Waals surface area contributed by atoms with Crippen LogP contribution in [0.4, 0.5) is 0 Å². The first kappa shape index (κ1) is 15.2. The summed E-state index contributed by atoms with van der Waals surface area (Å²) in [6, 6.07) is 7.74. The molecule has 0 radical (unpaired) electrons. The molecule has 5 heteroatoms. The van der Waals surface area contributed by atoms with E-state index in [2.05, 4.69) is 5.32 Å². The molecule has 0 aromatic heterocycles. The zero-order valence-corrected chi connectivity index (χ0v) is 12.9. The van der Waals surface area contributed by atoms with Crippen LogP contribution in [-0.4, -0.2) is 32.9 Å². The van der Waals surface area contributed by atoms with Crippen molar-refractivity contribution in [1.82, 2.24) is 9.62 Å². The van der Waals surface area contributed by atoms with Gasteiger partial charge in [0.25, 0.3) is 0 Å². The minimum Gasteiger partial charge on any atom is -0.316 e. The van der Waals surface area contributed by atoms with Crippen LogP contribution >= 0.6 is 0 Å². The molecule has 1 heterocycles. The maximum absolute atomic E-state index is 12.4. The molecule has 0 unspecified atom stereocenters. The zero-order chi connectivity index (χ0) is 14.6. The number of rotatable bonds is 5. The minimum absolute atomic E-state index is 0.0831. The summed E-state index contributed by atoms with van der Waals surface area (Å²) in [5.74, 6) is 0.0831. The van der Waals surface area contributed by atoms with E-state index in [0.29, 0.717) is 13.1 Å². The van der Waals surface area contributed by atoms with Crippen LogP contribution in [0.2, 0.25) is 0 Å². The lowest BCUT2D eigenvalue weighted by molar-refractivity contribution is 0.430. The fourth-order valence-electron chi connectivity index (χ4n) is 2.26. The number of benzene rings is 1. The molecule has 0 saturated heterocycles. The number of nitrogens with zero attached hydrogens (tertiary/aromatic N) is 1. The van der Waals surface area contributed by atoms with Gasteiger partial charge in [-0.05, 0) is 31.5 Å². The molecular formula is C15H22N2O2S. The van der Waals surface area contributed by atoms with Crippen molar-refractivity contribution in [2.24, 2.45) is 0 Å². The Morgan fingerprint density at radius 2 is 1.85 bits per heavy atom. The molecule has 1 N–H and O–H groups in total. The largest absolute Gasteiger partial charge is 0.316 e. The highest BCUT2D eigenvalue weighted by molar-refractivity contribution is 7.88. The minimum atomic E-state index is -3.21. The van der Waals surface area contributed by atoms with Crippen LogP contribution in [0.3, 0.4) is 0 Å². The molecule has 0 amide bonds. The van der Waals surface area contributed by atoms with Crippen molar-refractivity contribution in [3.8, 4) is 0 Å². The van der Waals surface area contributed by atoms with E-state index in [0.717, 1.165) is 24.1 Å². The number of hydrogen-bond acceptors (Lipinski definition) is 3. The van der Waals surface area contributed by atoms with Gasteiger partial charge in [0.2, 0.25) is 10.0 Å². The van der Waals surface area contributed by atoms with Gasteiger partial charge in [-0.1, -0.05) is 35.9 Å². The molecule has 20 heavy (non-hydrogen) atoms. The summed E-state index contributed by atoms with van der Waals surface area (Å²) in [5.41, 5.74) is 3.27. The average molecular weight is 294 g/mol. The standard InChI is InChI=1S/C15H22N2O2S/c1-13-7-9-17(10-8-13)20(18,19)12-15-5-3-14(4-6-15)11-16-2/h3-7,16H,8-12H2,1-2H3. The second-order valence-corrected chi connectivity index (χ2v) is 7.23. The van der Waals surface area contributed by atoms with Gasteiger partial charge >= 0.3 is 0 Å². The Bertz CT molecular complexity index is 576. The molecule has 1 aromatic carbocycles. The first-order chi connectivity index (χ1) is 9.51. The first-order valence-electron chi connectivity index (χ1n) is 6.87. The number of nitrogens with one attached hydrogen (secondary N) is 1. The summed E-state index contributed by atoms with van der Waals surface area (Å²) in [5, 5.41) is 3.07. The van der Waals surface area contributed by atoms with Crippen molar-refractivity contribution in [2.45, 2.75) is 25.6 Å². The lowest BCUT2D eigenvalue weighted by Crippen LogP contribution is -2.35. The molecule has 0 atom stereocenters. The third-order valence-electron chi connectivity index (χ3n) is 3.55. The van der Waals surface area contributed by atoms with Gasteiger partial charge in [-0.25, -0.2) is 8.42 Å². The van der Waals surface area contributed by atoms with Crippen molar-refractivity contribution in [1.29, 1.82) is 0 Å². The third kappa shape index (κ3) is 3.91. The Hall–Kier alpha value is -1.17. The van der Waals surface area contributed by atoms with Crippen molar-refractivity contribution >= 4 is 10.0 Å². The highest BCUT2D eigenvalue weighted by atomic mass is 32.2. The van der Waals surface area contributed by atoms with Gasteiger partial charge in [0.05, 0.1) is 5.75 Å². The average Bonchev–Trinajstić information content (AvgIpc) is 2.41. The fraction of sp³-hybridized carbons (Fsp3) is 0.467. The number of hydrogen-bond donors (Lipinski definition) is 1. The van der Waals surface area contributed by atoms with E-state index in [4.69, 9.17) is 0 Å². The Morgan fingerprint density at radius 1 is 1.20 bits per heavy atom. The van der Waals surface area contributed by atoms with Gasteiger partial charge in [0.1, 0.15) is 0 Å². The summed E-state index contributed by atoms with van der Waals surface area (Å²) in [7, 11) is -1.32. The Labute approximate surface area is 121 Å². The summed E-state index contributed by atoms with van der Waals surface area (Å²) >= 11 is 0. The van der Waals surface area contributed by atoms with Crippen molar-refractivity contribution in [3.05, 3.63) is 47.0 Å². The quantitative estimate of drug-likeness (QED) is 0.844. The summed E-state index contributed by atoms with van der Waals surface area (Å²) in [4.78, 5) is 0. The normalized spacial score (nSPS) is 17.0. The summed E-state index contributed by atoms with van der Waals surface area (Å²) in [6.45, 7) is 3.95. The van der Waals surface area contributed by atoms with Crippen molar-refractivity contribution in [2.75, 3.05) is 20.1 Å². The van der Waals surface area contributed by atoms with Crippen LogP contribution in [-0.2, 0) is 22.3 Å². The van der Waals surface area contributed by atoms with Gasteiger partial charge in [0, 0.05) is 19.6 Å². The molecular weight excluding hydrogens is 272 g/mol. The first-order valence-corrected chi connectivity index (χ1v) is 8.48. The molecule has 0 spiro atoms. The van der Waals surface area contributed by atoms with Crippen LogP contribution in [0.5, 0.6) is 0 Å². The molecule has 0 bridgehead atoms. The highest BCUT2D eigenvalue weighted by Gasteiger charge is 2.23. The van der Waals surface area contributed by atoms with E-state index in [1.165, 1.54) is 5.57 Å². The van der Waals surface area contributed by atoms with E-state index < -0.39 is 10.0 Å². The van der Waals surface area contributed by atoms with Crippen molar-refractivity contribution < 1.29 is 8.42 Å². The van der Waals surface area contributed by atoms with E-state index >= 15 is 0 Å². The van der Waals surface area contributed by atoms with Crippen LogP contribution in [0.15, 0.2) is 35.9 Å². The SMILES string of the molecule is CNCc1ccc(CS(=O)(=O)N2CC=C(C)CC2)cc1. The van der Waals surface area contributed by atoms with Crippen molar-refractivity contribution in [3.63, 3.8) is 0 Å². The molecule has 110 valence electrons. The highest BCUT2D eigenvalue weighted by Crippen LogP contribution is 2.17. The van der Waals surface area contributed by atoms with E-state index in [1.54, 1.807) is 4.31 Å². The van der Waals surface area contributed by atoms with Gasteiger partial charge in [-0.3, -0.25) is 0 Å². The zero-order valence-electron chi connectivity index (χ0n) is 12.1. The second-order valence-electron chi connectivity index (χ2n) is 5.26. The lowest BCUT2D eigenvalue weighted by Gasteiger charge is -2.24. The lowest BCUT2D eigenvalue weighted by atomic mass is 10.1. The van der Waals surface area contributed by atoms with Crippen LogP contribution in [0.1, 0.15) is 24.5 Å². The number of sulfonamides is 1. The molecule has 0 aliphatic carbocycles. The van der Waals surface area contributed by atoms with Gasteiger partial charge < -0.3 is 5.32 Å². The predicted octanol–water partition coefficient (Wildman–Crippen LogP) is 1.89. The van der Waals surface area contributed by atoms with E-state index in [-0.39, 0.29) is 5.75 Å². The molecule has 1 aliphatic rings. The molecule has 2 rings (SSSR count). The fourth-order valence-corrected chi connectivity index (χ4v) is 3.73. The Kier molecular flexibility index (Phi) is 4.96. The van der Waals surface area contributed by atoms with Crippen LogP contribution < -0.4 is 5.32 Å². The van der Waals surface area contributed by atoms with Gasteiger partial charge in [-0.15, -0.1) is 0 Å². The van der Waals surface area contributed by atoms with Crippen LogP contribution in [0.25, 0.3) is 0 Å². The predicted molar refractivity (Wildman–Crippen MR) is 81.8 cm³/mol. The molecule has 1 aliphatic heterocycles. The van der Waals surface area contributed by atoms with Gasteiger partial charge in [0.15, 0.2) is 0 Å². The van der Waals surface area contributed by atoms with Crippen LogP contribution in [0, 0.1) is 0 Å². The maximum Gasteiger partial charge on any atom is 0.218 e. The topological polar surface area (TPSA) is 49.4 Å².